The van der Waals surface area contributed by atoms with Crippen molar-refractivity contribution in [1.29, 1.82) is 0 Å². The second-order valence-corrected chi connectivity index (χ2v) is 6.84. The molecule has 1 aromatic rings. The van der Waals surface area contributed by atoms with Crippen LogP contribution in [0, 0.1) is 5.41 Å². The van der Waals surface area contributed by atoms with Crippen LogP contribution in [0.2, 0.25) is 0 Å². The number of benzene rings is 1. The van der Waals surface area contributed by atoms with Gasteiger partial charge in [0.15, 0.2) is 0 Å². The predicted octanol–water partition coefficient (Wildman–Crippen LogP) is 2.64. The third-order valence-electron chi connectivity index (χ3n) is 3.10. The van der Waals surface area contributed by atoms with Crippen molar-refractivity contribution in [2.24, 2.45) is 5.41 Å². The van der Waals surface area contributed by atoms with Crippen LogP contribution in [-0.2, 0) is 16.1 Å². The minimum atomic E-state index is -0.434. The Bertz CT molecular complexity index is 516. The molecule has 0 unspecified atom stereocenters. The monoisotopic (exact) mass is 320 g/mol. The molecule has 23 heavy (non-hydrogen) atoms. The highest BCUT2D eigenvalue weighted by molar-refractivity contribution is 5.82. The highest BCUT2D eigenvalue weighted by Gasteiger charge is 2.20. The molecule has 0 aliphatic rings. The molecule has 0 atom stereocenters. The SMILES string of the molecule is CC(C)Oc1ccc(CNC(=O)CCNC(=O)C(C)(C)C)cc1. The fourth-order valence-electron chi connectivity index (χ4n) is 1.80. The van der Waals surface area contributed by atoms with Gasteiger partial charge in [-0.1, -0.05) is 32.9 Å². The van der Waals surface area contributed by atoms with Crippen molar-refractivity contribution in [3.8, 4) is 5.75 Å². The van der Waals surface area contributed by atoms with Gasteiger partial charge in [0.2, 0.25) is 11.8 Å². The van der Waals surface area contributed by atoms with Crippen molar-refractivity contribution in [2.75, 3.05) is 6.54 Å². The van der Waals surface area contributed by atoms with Crippen LogP contribution in [0.25, 0.3) is 0 Å². The van der Waals surface area contributed by atoms with E-state index in [9.17, 15) is 9.59 Å². The normalized spacial score (nSPS) is 11.2. The first-order valence-electron chi connectivity index (χ1n) is 7.99. The number of carbonyl (C=O) groups is 2. The number of hydrogen-bond donors (Lipinski definition) is 2. The maximum atomic E-state index is 11.8. The zero-order valence-corrected chi connectivity index (χ0v) is 14.7. The van der Waals surface area contributed by atoms with E-state index in [0.717, 1.165) is 11.3 Å². The van der Waals surface area contributed by atoms with Gasteiger partial charge in [-0.25, -0.2) is 0 Å². The van der Waals surface area contributed by atoms with Crippen molar-refractivity contribution in [2.45, 2.75) is 53.7 Å². The number of carbonyl (C=O) groups excluding carboxylic acids is 2. The van der Waals surface area contributed by atoms with Crippen LogP contribution in [-0.4, -0.2) is 24.5 Å². The molecule has 0 aliphatic carbocycles. The Morgan fingerprint density at radius 3 is 2.22 bits per heavy atom. The van der Waals surface area contributed by atoms with Crippen LogP contribution >= 0.6 is 0 Å². The number of hydrogen-bond acceptors (Lipinski definition) is 3. The lowest BCUT2D eigenvalue weighted by molar-refractivity contribution is -0.128. The molecule has 5 nitrogen and oxygen atoms in total. The van der Waals surface area contributed by atoms with E-state index < -0.39 is 5.41 Å². The Balaban J connectivity index is 2.29. The molecule has 0 fully saturated rings. The van der Waals surface area contributed by atoms with Crippen LogP contribution < -0.4 is 15.4 Å². The van der Waals surface area contributed by atoms with Gasteiger partial charge >= 0.3 is 0 Å². The number of rotatable bonds is 7. The molecule has 1 rings (SSSR count). The highest BCUT2D eigenvalue weighted by atomic mass is 16.5. The van der Waals surface area contributed by atoms with Gasteiger partial charge in [-0.3, -0.25) is 9.59 Å². The molecule has 0 bridgehead atoms. The lowest BCUT2D eigenvalue weighted by atomic mass is 9.96. The van der Waals surface area contributed by atoms with Gasteiger partial charge in [0.1, 0.15) is 5.75 Å². The molecule has 2 N–H and O–H groups in total. The zero-order valence-electron chi connectivity index (χ0n) is 14.7. The number of ether oxygens (including phenoxy) is 1. The van der Waals surface area contributed by atoms with Crippen molar-refractivity contribution in [3.05, 3.63) is 29.8 Å². The molecule has 0 aromatic heterocycles. The highest BCUT2D eigenvalue weighted by Crippen LogP contribution is 2.14. The van der Waals surface area contributed by atoms with Crippen LogP contribution in [0.5, 0.6) is 5.75 Å². The summed E-state index contributed by atoms with van der Waals surface area (Å²) in [5.41, 5.74) is 0.573. The van der Waals surface area contributed by atoms with Gasteiger partial charge in [0.05, 0.1) is 6.10 Å². The first-order chi connectivity index (χ1) is 10.7. The second-order valence-electron chi connectivity index (χ2n) is 6.84. The fourth-order valence-corrected chi connectivity index (χ4v) is 1.80. The third-order valence-corrected chi connectivity index (χ3v) is 3.10. The molecule has 0 spiro atoms. The predicted molar refractivity (Wildman–Crippen MR) is 91.1 cm³/mol. The van der Waals surface area contributed by atoms with Gasteiger partial charge in [-0.05, 0) is 31.5 Å². The summed E-state index contributed by atoms with van der Waals surface area (Å²) in [6, 6.07) is 7.65. The lowest BCUT2D eigenvalue weighted by Crippen LogP contribution is -2.37. The molecule has 1 aromatic carbocycles. The molecular weight excluding hydrogens is 292 g/mol. The Hall–Kier alpha value is -2.04. The quantitative estimate of drug-likeness (QED) is 0.811. The number of amides is 2. The van der Waals surface area contributed by atoms with Crippen molar-refractivity contribution >= 4 is 11.8 Å². The molecule has 128 valence electrons. The van der Waals surface area contributed by atoms with Crippen LogP contribution in [0.15, 0.2) is 24.3 Å². The van der Waals surface area contributed by atoms with Crippen molar-refractivity contribution in [3.63, 3.8) is 0 Å². The van der Waals surface area contributed by atoms with Gasteiger partial charge in [0.25, 0.3) is 0 Å². The summed E-state index contributed by atoms with van der Waals surface area (Å²) < 4.78 is 5.57. The summed E-state index contributed by atoms with van der Waals surface area (Å²) in [5, 5.41) is 5.60. The van der Waals surface area contributed by atoms with Crippen molar-refractivity contribution < 1.29 is 14.3 Å². The topological polar surface area (TPSA) is 67.4 Å². The Morgan fingerprint density at radius 2 is 1.70 bits per heavy atom. The molecule has 5 heteroatoms. The first kappa shape index (κ1) is 19.0. The fraction of sp³-hybridized carbons (Fsp3) is 0.556. The molecular formula is C18H28N2O3. The third kappa shape index (κ3) is 7.68. The molecule has 0 saturated heterocycles. The molecule has 0 radical (unpaired) electrons. The van der Waals surface area contributed by atoms with E-state index in [1.54, 1.807) is 0 Å². The molecule has 2 amide bonds. The molecule has 0 heterocycles. The summed E-state index contributed by atoms with van der Waals surface area (Å²) in [7, 11) is 0. The van der Waals surface area contributed by atoms with Gasteiger partial charge in [0, 0.05) is 24.9 Å². The minimum Gasteiger partial charge on any atom is -0.491 e. The lowest BCUT2D eigenvalue weighted by Gasteiger charge is -2.17. The van der Waals surface area contributed by atoms with Crippen LogP contribution in [0.3, 0.4) is 0 Å². The minimum absolute atomic E-state index is 0.0500. The van der Waals surface area contributed by atoms with Gasteiger partial charge in [-0.2, -0.15) is 0 Å². The van der Waals surface area contributed by atoms with E-state index in [4.69, 9.17) is 4.74 Å². The van der Waals surface area contributed by atoms with E-state index in [2.05, 4.69) is 10.6 Å². The Labute approximate surface area is 138 Å². The Morgan fingerprint density at radius 1 is 1.09 bits per heavy atom. The smallest absolute Gasteiger partial charge is 0.225 e. The van der Waals surface area contributed by atoms with Crippen LogP contribution in [0.4, 0.5) is 0 Å². The Kier molecular flexibility index (Phi) is 7.07. The number of nitrogens with one attached hydrogen (secondary N) is 2. The van der Waals surface area contributed by atoms with E-state index in [1.807, 2.05) is 58.9 Å². The van der Waals surface area contributed by atoms with Crippen LogP contribution in [0.1, 0.15) is 46.6 Å². The maximum absolute atomic E-state index is 11.8. The molecule has 0 saturated carbocycles. The van der Waals surface area contributed by atoms with Gasteiger partial charge < -0.3 is 15.4 Å². The van der Waals surface area contributed by atoms with E-state index in [0.29, 0.717) is 13.1 Å². The maximum Gasteiger partial charge on any atom is 0.225 e. The summed E-state index contributed by atoms with van der Waals surface area (Å²) >= 11 is 0. The standard InChI is InChI=1S/C18H28N2O3/c1-13(2)23-15-8-6-14(7-9-15)12-20-16(21)10-11-19-17(22)18(3,4)5/h6-9,13H,10-12H2,1-5H3,(H,19,22)(H,20,21). The average molecular weight is 320 g/mol. The molecule has 0 aliphatic heterocycles. The first-order valence-corrected chi connectivity index (χ1v) is 7.99. The second kappa shape index (κ2) is 8.56. The van der Waals surface area contributed by atoms with Gasteiger partial charge in [-0.15, -0.1) is 0 Å². The average Bonchev–Trinajstić information content (AvgIpc) is 2.45. The van der Waals surface area contributed by atoms with E-state index >= 15 is 0 Å². The summed E-state index contributed by atoms with van der Waals surface area (Å²) in [6.45, 7) is 10.3. The van der Waals surface area contributed by atoms with E-state index in [-0.39, 0.29) is 24.3 Å². The summed E-state index contributed by atoms with van der Waals surface area (Å²) in [4.78, 5) is 23.5. The largest absolute Gasteiger partial charge is 0.491 e. The summed E-state index contributed by atoms with van der Waals surface area (Å²) in [5.74, 6) is 0.688. The summed E-state index contributed by atoms with van der Waals surface area (Å²) in [6.07, 6.45) is 0.417. The zero-order chi connectivity index (χ0) is 17.5. The van der Waals surface area contributed by atoms with Crippen molar-refractivity contribution in [1.82, 2.24) is 10.6 Å². The van der Waals surface area contributed by atoms with E-state index in [1.165, 1.54) is 0 Å².